The van der Waals surface area contributed by atoms with Crippen molar-refractivity contribution in [3.63, 3.8) is 0 Å². The van der Waals surface area contributed by atoms with E-state index in [0.717, 1.165) is 11.4 Å². The van der Waals surface area contributed by atoms with Gasteiger partial charge in [0.15, 0.2) is 0 Å². The third-order valence-corrected chi connectivity index (χ3v) is 5.85. The van der Waals surface area contributed by atoms with Crippen LogP contribution in [-0.4, -0.2) is 21.4 Å². The van der Waals surface area contributed by atoms with Crippen LogP contribution in [0.25, 0.3) is 0 Å². The molecule has 3 N–H and O–H groups in total. The minimum Gasteiger partial charge on any atom is -0.356 e. The summed E-state index contributed by atoms with van der Waals surface area (Å²) in [5.74, 6) is -0.437. The highest BCUT2D eigenvalue weighted by molar-refractivity contribution is 7.89. The SMILES string of the molecule is CNS(=O)(=O)c1cc(C(=O)Nc2ccc(Nc3ccccc3)cc2)ccc1Cl. The Kier molecular flexibility index (Phi) is 5.99. The predicted molar refractivity (Wildman–Crippen MR) is 112 cm³/mol. The monoisotopic (exact) mass is 415 g/mol. The van der Waals surface area contributed by atoms with Crippen LogP contribution in [0.15, 0.2) is 77.7 Å². The van der Waals surface area contributed by atoms with E-state index in [1.54, 1.807) is 12.1 Å². The van der Waals surface area contributed by atoms with Gasteiger partial charge in [0.1, 0.15) is 4.90 Å². The Hall–Kier alpha value is -2.87. The van der Waals surface area contributed by atoms with Crippen molar-refractivity contribution < 1.29 is 13.2 Å². The summed E-state index contributed by atoms with van der Waals surface area (Å²) in [4.78, 5) is 12.3. The first kappa shape index (κ1) is 19.9. The number of sulfonamides is 1. The molecular formula is C20H18ClN3O3S. The molecule has 0 aliphatic rings. The zero-order valence-corrected chi connectivity index (χ0v) is 16.5. The van der Waals surface area contributed by atoms with Gasteiger partial charge in [-0.25, -0.2) is 13.1 Å². The topological polar surface area (TPSA) is 87.3 Å². The van der Waals surface area contributed by atoms with Crippen molar-refractivity contribution in [2.45, 2.75) is 4.90 Å². The molecule has 8 heteroatoms. The summed E-state index contributed by atoms with van der Waals surface area (Å²) in [5, 5.41) is 6.04. The highest BCUT2D eigenvalue weighted by Crippen LogP contribution is 2.23. The number of carbonyl (C=O) groups is 1. The van der Waals surface area contributed by atoms with Crippen LogP contribution >= 0.6 is 11.6 Å². The third-order valence-electron chi connectivity index (χ3n) is 3.96. The Balaban J connectivity index is 1.74. The van der Waals surface area contributed by atoms with Crippen molar-refractivity contribution in [2.24, 2.45) is 0 Å². The lowest BCUT2D eigenvalue weighted by Gasteiger charge is -2.10. The van der Waals surface area contributed by atoms with Crippen LogP contribution in [0.2, 0.25) is 5.02 Å². The lowest BCUT2D eigenvalue weighted by atomic mass is 10.2. The minimum atomic E-state index is -3.76. The average molecular weight is 416 g/mol. The van der Waals surface area contributed by atoms with Crippen LogP contribution in [0.3, 0.4) is 0 Å². The Morgan fingerprint density at radius 3 is 2.11 bits per heavy atom. The second kappa shape index (κ2) is 8.43. The van der Waals surface area contributed by atoms with E-state index >= 15 is 0 Å². The molecule has 3 aromatic rings. The maximum absolute atomic E-state index is 12.5. The molecule has 0 atom stereocenters. The molecular weight excluding hydrogens is 398 g/mol. The zero-order valence-electron chi connectivity index (χ0n) is 14.9. The fourth-order valence-electron chi connectivity index (χ4n) is 2.49. The Labute approximate surface area is 168 Å². The maximum atomic E-state index is 12.5. The first-order chi connectivity index (χ1) is 13.4. The number of rotatable bonds is 6. The molecule has 1 amide bonds. The van der Waals surface area contributed by atoms with Crippen LogP contribution < -0.4 is 15.4 Å². The first-order valence-electron chi connectivity index (χ1n) is 8.35. The predicted octanol–water partition coefficient (Wildman–Crippen LogP) is 4.24. The van der Waals surface area contributed by atoms with Gasteiger partial charge >= 0.3 is 0 Å². The second-order valence-corrected chi connectivity index (χ2v) is 8.14. The van der Waals surface area contributed by atoms with Gasteiger partial charge in [-0.05, 0) is 61.6 Å². The highest BCUT2D eigenvalue weighted by atomic mass is 35.5. The number of hydrogen-bond donors (Lipinski definition) is 3. The molecule has 0 aliphatic heterocycles. The summed E-state index contributed by atoms with van der Waals surface area (Å²) in [6.07, 6.45) is 0. The van der Waals surface area contributed by atoms with Crippen molar-refractivity contribution in [3.8, 4) is 0 Å². The van der Waals surface area contributed by atoms with E-state index < -0.39 is 15.9 Å². The molecule has 0 radical (unpaired) electrons. The average Bonchev–Trinajstić information content (AvgIpc) is 2.70. The number of hydrogen-bond acceptors (Lipinski definition) is 4. The molecule has 0 fully saturated rings. The van der Waals surface area contributed by atoms with Gasteiger partial charge in [0.25, 0.3) is 5.91 Å². The molecule has 0 bridgehead atoms. The number of carbonyl (C=O) groups excluding carboxylic acids is 1. The van der Waals surface area contributed by atoms with Crippen molar-refractivity contribution in [3.05, 3.63) is 83.4 Å². The number of halogens is 1. The van der Waals surface area contributed by atoms with Crippen molar-refractivity contribution in [1.29, 1.82) is 0 Å². The Morgan fingerprint density at radius 2 is 1.46 bits per heavy atom. The minimum absolute atomic E-state index is 0.0437. The molecule has 0 unspecified atom stereocenters. The number of benzene rings is 3. The third kappa shape index (κ3) is 4.69. The molecule has 6 nitrogen and oxygen atoms in total. The number of amides is 1. The summed E-state index contributed by atoms with van der Waals surface area (Å²) in [7, 11) is -2.48. The second-order valence-electron chi connectivity index (χ2n) is 5.88. The molecule has 0 saturated heterocycles. The molecule has 28 heavy (non-hydrogen) atoms. The lowest BCUT2D eigenvalue weighted by Crippen LogP contribution is -2.20. The van der Waals surface area contributed by atoms with E-state index in [-0.39, 0.29) is 15.5 Å². The number of para-hydroxylation sites is 1. The van der Waals surface area contributed by atoms with E-state index in [4.69, 9.17) is 11.6 Å². The van der Waals surface area contributed by atoms with Crippen molar-refractivity contribution in [2.75, 3.05) is 17.7 Å². The number of anilines is 3. The van der Waals surface area contributed by atoms with E-state index in [1.165, 1.54) is 25.2 Å². The summed E-state index contributed by atoms with van der Waals surface area (Å²) in [6, 6.07) is 21.0. The van der Waals surface area contributed by atoms with Gasteiger partial charge in [-0.1, -0.05) is 29.8 Å². The standard InChI is InChI=1S/C20H18ClN3O3S/c1-22-28(26,27)19-13-14(7-12-18(19)21)20(25)24-17-10-8-16(9-11-17)23-15-5-3-2-4-6-15/h2-13,22-23H,1H3,(H,24,25). The lowest BCUT2D eigenvalue weighted by molar-refractivity contribution is 0.102. The van der Waals surface area contributed by atoms with Crippen LogP contribution in [0.5, 0.6) is 0 Å². The molecule has 0 spiro atoms. The van der Waals surface area contributed by atoms with Gasteiger partial charge in [0.05, 0.1) is 5.02 Å². The van der Waals surface area contributed by atoms with Crippen LogP contribution in [0.1, 0.15) is 10.4 Å². The van der Waals surface area contributed by atoms with E-state index in [2.05, 4.69) is 15.4 Å². The quantitative estimate of drug-likeness (QED) is 0.561. The van der Waals surface area contributed by atoms with Crippen molar-refractivity contribution in [1.82, 2.24) is 4.72 Å². The van der Waals surface area contributed by atoms with Crippen LogP contribution in [0, 0.1) is 0 Å². The van der Waals surface area contributed by atoms with E-state index in [9.17, 15) is 13.2 Å². The summed E-state index contributed by atoms with van der Waals surface area (Å²) < 4.78 is 26.2. The summed E-state index contributed by atoms with van der Waals surface area (Å²) >= 11 is 5.95. The van der Waals surface area contributed by atoms with E-state index in [1.807, 2.05) is 42.5 Å². The summed E-state index contributed by atoms with van der Waals surface area (Å²) in [5.41, 5.74) is 2.60. The normalized spacial score (nSPS) is 11.1. The molecule has 0 aromatic heterocycles. The molecule has 3 aromatic carbocycles. The van der Waals surface area contributed by atoms with Crippen LogP contribution in [0.4, 0.5) is 17.1 Å². The fourth-order valence-corrected chi connectivity index (χ4v) is 3.74. The smallest absolute Gasteiger partial charge is 0.255 e. The molecule has 144 valence electrons. The fraction of sp³-hybridized carbons (Fsp3) is 0.0500. The maximum Gasteiger partial charge on any atom is 0.255 e. The highest BCUT2D eigenvalue weighted by Gasteiger charge is 2.18. The molecule has 0 aliphatic carbocycles. The zero-order chi connectivity index (χ0) is 20.1. The van der Waals surface area contributed by atoms with Gasteiger partial charge in [-0.3, -0.25) is 4.79 Å². The van der Waals surface area contributed by atoms with Gasteiger partial charge < -0.3 is 10.6 Å². The van der Waals surface area contributed by atoms with Crippen molar-refractivity contribution >= 4 is 44.6 Å². The van der Waals surface area contributed by atoms with Gasteiger partial charge in [-0.15, -0.1) is 0 Å². The van der Waals surface area contributed by atoms with E-state index in [0.29, 0.717) is 5.69 Å². The van der Waals surface area contributed by atoms with Gasteiger partial charge in [-0.2, -0.15) is 0 Å². The molecule has 3 rings (SSSR count). The van der Waals surface area contributed by atoms with Gasteiger partial charge in [0, 0.05) is 22.6 Å². The van der Waals surface area contributed by atoms with Gasteiger partial charge in [0.2, 0.25) is 10.0 Å². The Bertz CT molecular complexity index is 1090. The molecule has 0 saturated carbocycles. The van der Waals surface area contributed by atoms with Crippen LogP contribution in [-0.2, 0) is 10.0 Å². The first-order valence-corrected chi connectivity index (χ1v) is 10.2. The summed E-state index contributed by atoms with van der Waals surface area (Å²) in [6.45, 7) is 0. The number of nitrogens with one attached hydrogen (secondary N) is 3. The molecule has 0 heterocycles. The largest absolute Gasteiger partial charge is 0.356 e. The Morgan fingerprint density at radius 1 is 0.857 bits per heavy atom.